The predicted octanol–water partition coefficient (Wildman–Crippen LogP) is 4.00. The van der Waals surface area contributed by atoms with E-state index in [4.69, 9.17) is 10.5 Å². The highest BCUT2D eigenvalue weighted by Crippen LogP contribution is 2.31. The SMILES string of the molecule is CC(C)(C)OC(=O)N1CC[C@H](Nc2c(N)cnc3ccc(Br)cc23)C1. The van der Waals surface area contributed by atoms with E-state index in [-0.39, 0.29) is 12.1 Å². The van der Waals surface area contributed by atoms with Gasteiger partial charge in [0.15, 0.2) is 0 Å². The van der Waals surface area contributed by atoms with Gasteiger partial charge in [-0.25, -0.2) is 4.79 Å². The number of nitrogens with two attached hydrogens (primary N) is 1. The molecule has 1 aliphatic rings. The fourth-order valence-electron chi connectivity index (χ4n) is 2.92. The first-order chi connectivity index (χ1) is 11.7. The van der Waals surface area contributed by atoms with Crippen molar-refractivity contribution in [3.63, 3.8) is 0 Å². The van der Waals surface area contributed by atoms with E-state index < -0.39 is 5.60 Å². The molecule has 1 aromatic heterocycles. The Morgan fingerprint density at radius 2 is 2.20 bits per heavy atom. The van der Waals surface area contributed by atoms with Crippen LogP contribution in [0.4, 0.5) is 16.2 Å². The molecule has 1 atom stereocenters. The fraction of sp³-hybridized carbons (Fsp3) is 0.444. The molecule has 7 heteroatoms. The first-order valence-corrected chi connectivity index (χ1v) is 9.10. The summed E-state index contributed by atoms with van der Waals surface area (Å²) in [5, 5.41) is 4.45. The number of likely N-dealkylation sites (tertiary alicyclic amines) is 1. The first kappa shape index (κ1) is 17.8. The van der Waals surface area contributed by atoms with Crippen LogP contribution in [0.1, 0.15) is 27.2 Å². The van der Waals surface area contributed by atoms with Crippen molar-refractivity contribution < 1.29 is 9.53 Å². The second-order valence-electron chi connectivity index (χ2n) is 7.31. The molecule has 3 rings (SSSR count). The summed E-state index contributed by atoms with van der Waals surface area (Å²) in [6, 6.07) is 6.03. The van der Waals surface area contributed by atoms with Crippen molar-refractivity contribution in [2.45, 2.75) is 38.8 Å². The van der Waals surface area contributed by atoms with Gasteiger partial charge in [-0.3, -0.25) is 4.98 Å². The average Bonchev–Trinajstić information content (AvgIpc) is 2.97. The lowest BCUT2D eigenvalue weighted by Crippen LogP contribution is -2.36. The minimum atomic E-state index is -0.486. The van der Waals surface area contributed by atoms with Crippen LogP contribution in [0.15, 0.2) is 28.9 Å². The molecule has 0 spiro atoms. The maximum Gasteiger partial charge on any atom is 0.410 e. The van der Waals surface area contributed by atoms with Gasteiger partial charge in [-0.1, -0.05) is 15.9 Å². The Morgan fingerprint density at radius 1 is 1.44 bits per heavy atom. The number of carbonyl (C=O) groups excluding carboxylic acids is 1. The largest absolute Gasteiger partial charge is 0.444 e. The minimum Gasteiger partial charge on any atom is -0.444 e. The van der Waals surface area contributed by atoms with Gasteiger partial charge in [0.1, 0.15) is 5.60 Å². The van der Waals surface area contributed by atoms with Crippen molar-refractivity contribution in [3.8, 4) is 0 Å². The molecule has 1 aromatic carbocycles. The average molecular weight is 407 g/mol. The number of nitrogen functional groups attached to an aromatic ring is 1. The van der Waals surface area contributed by atoms with E-state index in [1.54, 1.807) is 11.1 Å². The normalized spacial score (nSPS) is 17.8. The van der Waals surface area contributed by atoms with Crippen molar-refractivity contribution in [1.29, 1.82) is 0 Å². The van der Waals surface area contributed by atoms with Crippen LogP contribution in [0.25, 0.3) is 10.9 Å². The Bertz CT molecular complexity index is 798. The Hall–Kier alpha value is -2.02. The lowest BCUT2D eigenvalue weighted by Gasteiger charge is -2.24. The van der Waals surface area contributed by atoms with E-state index in [9.17, 15) is 4.79 Å². The monoisotopic (exact) mass is 406 g/mol. The minimum absolute atomic E-state index is 0.124. The van der Waals surface area contributed by atoms with Crippen molar-refractivity contribution in [3.05, 3.63) is 28.9 Å². The number of ether oxygens (including phenoxy) is 1. The van der Waals surface area contributed by atoms with E-state index in [2.05, 4.69) is 26.2 Å². The van der Waals surface area contributed by atoms with Crippen LogP contribution in [0.2, 0.25) is 0 Å². The van der Waals surface area contributed by atoms with Crippen LogP contribution >= 0.6 is 15.9 Å². The van der Waals surface area contributed by atoms with E-state index in [0.29, 0.717) is 18.8 Å². The van der Waals surface area contributed by atoms with E-state index in [1.165, 1.54) is 0 Å². The van der Waals surface area contributed by atoms with Crippen LogP contribution in [-0.4, -0.2) is 40.7 Å². The van der Waals surface area contributed by atoms with Gasteiger partial charge < -0.3 is 20.7 Å². The molecule has 25 heavy (non-hydrogen) atoms. The van der Waals surface area contributed by atoms with Crippen molar-refractivity contribution in [2.24, 2.45) is 0 Å². The zero-order valence-corrected chi connectivity index (χ0v) is 16.3. The highest BCUT2D eigenvalue weighted by atomic mass is 79.9. The van der Waals surface area contributed by atoms with Crippen LogP contribution in [-0.2, 0) is 4.74 Å². The van der Waals surface area contributed by atoms with Gasteiger partial charge in [-0.2, -0.15) is 0 Å². The molecule has 134 valence electrons. The fourth-order valence-corrected chi connectivity index (χ4v) is 3.28. The van der Waals surface area contributed by atoms with Gasteiger partial charge in [0.25, 0.3) is 0 Å². The Labute approximate surface area is 155 Å². The molecule has 1 amide bonds. The Morgan fingerprint density at radius 3 is 2.92 bits per heavy atom. The summed E-state index contributed by atoms with van der Waals surface area (Å²) >= 11 is 3.49. The molecule has 1 aliphatic heterocycles. The summed E-state index contributed by atoms with van der Waals surface area (Å²) in [4.78, 5) is 18.3. The van der Waals surface area contributed by atoms with Crippen molar-refractivity contribution >= 4 is 44.3 Å². The third-order valence-electron chi connectivity index (χ3n) is 4.05. The van der Waals surface area contributed by atoms with Gasteiger partial charge in [0.2, 0.25) is 0 Å². The second-order valence-corrected chi connectivity index (χ2v) is 8.22. The molecule has 0 unspecified atom stereocenters. The Kier molecular flexibility index (Phi) is 4.77. The molecule has 2 aromatic rings. The molecular formula is C18H23BrN4O2. The molecule has 1 saturated heterocycles. The number of hydrogen-bond acceptors (Lipinski definition) is 5. The predicted molar refractivity (Wildman–Crippen MR) is 104 cm³/mol. The number of nitrogens with zero attached hydrogens (tertiary/aromatic N) is 2. The number of amides is 1. The summed E-state index contributed by atoms with van der Waals surface area (Å²) in [7, 11) is 0. The number of hydrogen-bond donors (Lipinski definition) is 2. The van der Waals surface area contributed by atoms with E-state index in [0.717, 1.165) is 27.5 Å². The van der Waals surface area contributed by atoms with Crippen molar-refractivity contribution in [1.82, 2.24) is 9.88 Å². The zero-order chi connectivity index (χ0) is 18.2. The number of pyridine rings is 1. The number of halogens is 1. The molecular weight excluding hydrogens is 384 g/mol. The third kappa shape index (κ3) is 4.15. The van der Waals surface area contributed by atoms with E-state index in [1.807, 2.05) is 39.0 Å². The number of benzene rings is 1. The number of rotatable bonds is 2. The molecule has 0 saturated carbocycles. The maximum absolute atomic E-state index is 12.2. The summed E-state index contributed by atoms with van der Waals surface area (Å²) in [6.45, 7) is 6.88. The molecule has 2 heterocycles. The third-order valence-corrected chi connectivity index (χ3v) is 4.54. The van der Waals surface area contributed by atoms with Gasteiger partial charge >= 0.3 is 6.09 Å². The highest BCUT2D eigenvalue weighted by molar-refractivity contribution is 9.10. The maximum atomic E-state index is 12.2. The zero-order valence-electron chi connectivity index (χ0n) is 14.7. The molecule has 0 bridgehead atoms. The summed E-state index contributed by atoms with van der Waals surface area (Å²) in [6.07, 6.45) is 2.24. The quantitative estimate of drug-likeness (QED) is 0.787. The van der Waals surface area contributed by atoms with Crippen molar-refractivity contribution in [2.75, 3.05) is 24.1 Å². The van der Waals surface area contributed by atoms with E-state index >= 15 is 0 Å². The summed E-state index contributed by atoms with van der Waals surface area (Å²) in [5.74, 6) is 0. The number of carbonyl (C=O) groups is 1. The van der Waals surface area contributed by atoms with Gasteiger partial charge in [0.05, 0.1) is 23.1 Å². The highest BCUT2D eigenvalue weighted by Gasteiger charge is 2.30. The number of anilines is 2. The lowest BCUT2D eigenvalue weighted by molar-refractivity contribution is 0.0293. The standard InChI is InChI=1S/C18H23BrN4O2/c1-18(2,3)25-17(24)23-7-6-12(10-23)22-16-13-8-11(19)4-5-15(13)21-9-14(16)20/h4-5,8-9,12H,6-7,10,20H2,1-3H3,(H,21,22)/t12-/m0/s1. The molecule has 6 nitrogen and oxygen atoms in total. The summed E-state index contributed by atoms with van der Waals surface area (Å²) in [5.41, 5.74) is 8.00. The van der Waals surface area contributed by atoms with Crippen LogP contribution < -0.4 is 11.1 Å². The van der Waals surface area contributed by atoms with Crippen LogP contribution in [0.3, 0.4) is 0 Å². The number of nitrogens with one attached hydrogen (secondary N) is 1. The number of fused-ring (bicyclic) bond motifs is 1. The first-order valence-electron chi connectivity index (χ1n) is 8.31. The lowest BCUT2D eigenvalue weighted by atomic mass is 10.1. The molecule has 1 fully saturated rings. The van der Waals surface area contributed by atoms with Crippen LogP contribution in [0.5, 0.6) is 0 Å². The molecule has 0 aliphatic carbocycles. The Balaban J connectivity index is 1.76. The molecule has 3 N–H and O–H groups in total. The molecule has 0 radical (unpaired) electrons. The van der Waals surface area contributed by atoms with Crippen LogP contribution in [0, 0.1) is 0 Å². The van der Waals surface area contributed by atoms with Gasteiger partial charge in [0, 0.05) is 29.0 Å². The van der Waals surface area contributed by atoms with Gasteiger partial charge in [-0.05, 0) is 45.4 Å². The topological polar surface area (TPSA) is 80.5 Å². The number of aromatic nitrogens is 1. The van der Waals surface area contributed by atoms with Gasteiger partial charge in [-0.15, -0.1) is 0 Å². The summed E-state index contributed by atoms with van der Waals surface area (Å²) < 4.78 is 6.42. The smallest absolute Gasteiger partial charge is 0.410 e. The second kappa shape index (κ2) is 6.71.